The Labute approximate surface area is 74.7 Å². The highest BCUT2D eigenvalue weighted by Gasteiger charge is 2.11. The molecular weight excluding hydrogens is 164 g/mol. The Morgan fingerprint density at radius 2 is 2.00 bits per heavy atom. The Hall–Kier alpha value is -0.240. The molecule has 1 atom stereocenters. The Morgan fingerprint density at radius 1 is 1.45 bits per heavy atom. The van der Waals surface area contributed by atoms with Crippen LogP contribution in [0.5, 0.6) is 0 Å². The van der Waals surface area contributed by atoms with E-state index in [9.17, 15) is 4.79 Å². The standard InChI is InChI=1S/C8H16O2.ClH/c1-4-6-7(3)8(9)10-5-2;/h7H,4-6H2,1-3H3;1H. The number of carbonyl (C=O) groups excluding carboxylic acids is 1. The number of ether oxygens (including phenoxy) is 1. The van der Waals surface area contributed by atoms with Gasteiger partial charge in [-0.3, -0.25) is 4.79 Å². The number of hydrogen-bond donors (Lipinski definition) is 0. The van der Waals surface area contributed by atoms with E-state index in [4.69, 9.17) is 4.74 Å². The minimum Gasteiger partial charge on any atom is -0.466 e. The molecule has 3 heteroatoms. The summed E-state index contributed by atoms with van der Waals surface area (Å²) < 4.78 is 4.82. The third kappa shape index (κ3) is 6.17. The lowest BCUT2D eigenvalue weighted by Gasteiger charge is -2.07. The van der Waals surface area contributed by atoms with Crippen LogP contribution in [-0.2, 0) is 9.53 Å². The maximum atomic E-state index is 10.9. The molecule has 0 aromatic rings. The maximum Gasteiger partial charge on any atom is 0.308 e. The summed E-state index contributed by atoms with van der Waals surface area (Å²) in [6.45, 7) is 6.29. The lowest BCUT2D eigenvalue weighted by molar-refractivity contribution is -0.147. The SMILES string of the molecule is CCCC(C)C(=O)OCC.Cl. The summed E-state index contributed by atoms with van der Waals surface area (Å²) in [6, 6.07) is 0. The molecular formula is C8H17ClO2. The van der Waals surface area contributed by atoms with Crippen molar-refractivity contribution in [2.24, 2.45) is 5.92 Å². The van der Waals surface area contributed by atoms with E-state index in [2.05, 4.69) is 6.92 Å². The molecule has 68 valence electrons. The van der Waals surface area contributed by atoms with Crippen molar-refractivity contribution in [3.63, 3.8) is 0 Å². The molecule has 2 nitrogen and oxygen atoms in total. The van der Waals surface area contributed by atoms with Crippen LogP contribution in [0.1, 0.15) is 33.6 Å². The van der Waals surface area contributed by atoms with Gasteiger partial charge in [-0.25, -0.2) is 0 Å². The van der Waals surface area contributed by atoms with Crippen molar-refractivity contribution in [3.05, 3.63) is 0 Å². The Bertz CT molecular complexity index is 104. The molecule has 0 aliphatic carbocycles. The number of hydrogen-bond acceptors (Lipinski definition) is 2. The molecule has 0 fully saturated rings. The first-order valence-electron chi connectivity index (χ1n) is 3.89. The third-order valence-electron chi connectivity index (χ3n) is 1.41. The number of rotatable bonds is 4. The fourth-order valence-electron chi connectivity index (χ4n) is 0.835. The second-order valence-corrected chi connectivity index (χ2v) is 2.44. The van der Waals surface area contributed by atoms with Crippen molar-refractivity contribution in [1.82, 2.24) is 0 Å². The molecule has 0 spiro atoms. The van der Waals surface area contributed by atoms with Gasteiger partial charge in [0.15, 0.2) is 0 Å². The van der Waals surface area contributed by atoms with Crippen LogP contribution < -0.4 is 0 Å². The second-order valence-electron chi connectivity index (χ2n) is 2.44. The predicted octanol–water partition coefficient (Wildman–Crippen LogP) is 2.41. The third-order valence-corrected chi connectivity index (χ3v) is 1.41. The average molecular weight is 181 g/mol. The topological polar surface area (TPSA) is 26.3 Å². The van der Waals surface area contributed by atoms with Crippen LogP contribution in [0.15, 0.2) is 0 Å². The van der Waals surface area contributed by atoms with Gasteiger partial charge in [-0.05, 0) is 13.3 Å². The highest BCUT2D eigenvalue weighted by molar-refractivity contribution is 5.85. The summed E-state index contributed by atoms with van der Waals surface area (Å²) in [5.41, 5.74) is 0. The van der Waals surface area contributed by atoms with Gasteiger partial charge in [-0.2, -0.15) is 0 Å². The van der Waals surface area contributed by atoms with E-state index >= 15 is 0 Å². The first-order valence-corrected chi connectivity index (χ1v) is 3.89. The number of esters is 1. The van der Waals surface area contributed by atoms with Crippen molar-refractivity contribution in [3.8, 4) is 0 Å². The van der Waals surface area contributed by atoms with Crippen LogP contribution in [0.4, 0.5) is 0 Å². The Balaban J connectivity index is 0. The van der Waals surface area contributed by atoms with E-state index in [0.717, 1.165) is 12.8 Å². The zero-order chi connectivity index (χ0) is 7.98. The molecule has 11 heavy (non-hydrogen) atoms. The molecule has 1 unspecified atom stereocenters. The van der Waals surface area contributed by atoms with Crippen molar-refractivity contribution >= 4 is 18.4 Å². The summed E-state index contributed by atoms with van der Waals surface area (Å²) in [5, 5.41) is 0. The van der Waals surface area contributed by atoms with Crippen LogP contribution in [0.2, 0.25) is 0 Å². The molecule has 0 bridgehead atoms. The lowest BCUT2D eigenvalue weighted by Crippen LogP contribution is -2.14. The van der Waals surface area contributed by atoms with Gasteiger partial charge in [0.2, 0.25) is 0 Å². The fourth-order valence-corrected chi connectivity index (χ4v) is 0.835. The molecule has 0 heterocycles. The number of halogens is 1. The second kappa shape index (κ2) is 7.86. The van der Waals surface area contributed by atoms with Gasteiger partial charge in [0.05, 0.1) is 12.5 Å². The largest absolute Gasteiger partial charge is 0.466 e. The monoisotopic (exact) mass is 180 g/mol. The van der Waals surface area contributed by atoms with Gasteiger partial charge in [0.25, 0.3) is 0 Å². The smallest absolute Gasteiger partial charge is 0.308 e. The van der Waals surface area contributed by atoms with E-state index in [1.165, 1.54) is 0 Å². The predicted molar refractivity (Wildman–Crippen MR) is 48.0 cm³/mol. The summed E-state index contributed by atoms with van der Waals surface area (Å²) in [7, 11) is 0. The van der Waals surface area contributed by atoms with Crippen LogP contribution in [0, 0.1) is 5.92 Å². The van der Waals surface area contributed by atoms with Crippen LogP contribution >= 0.6 is 12.4 Å². The van der Waals surface area contributed by atoms with Gasteiger partial charge < -0.3 is 4.74 Å². The molecule has 0 aromatic heterocycles. The first kappa shape index (κ1) is 13.4. The van der Waals surface area contributed by atoms with Crippen molar-refractivity contribution in [2.75, 3.05) is 6.61 Å². The quantitative estimate of drug-likeness (QED) is 0.622. The first-order chi connectivity index (χ1) is 4.72. The molecule has 0 radical (unpaired) electrons. The van der Waals surface area contributed by atoms with Gasteiger partial charge >= 0.3 is 5.97 Å². The molecule has 0 aromatic carbocycles. The summed E-state index contributed by atoms with van der Waals surface area (Å²) in [4.78, 5) is 10.9. The Morgan fingerprint density at radius 3 is 2.36 bits per heavy atom. The summed E-state index contributed by atoms with van der Waals surface area (Å²) in [5.74, 6) is 0.00861. The molecule has 0 saturated carbocycles. The maximum absolute atomic E-state index is 10.9. The zero-order valence-corrected chi connectivity index (χ0v) is 8.24. The highest BCUT2D eigenvalue weighted by atomic mass is 35.5. The molecule has 0 aliphatic heterocycles. The number of carbonyl (C=O) groups is 1. The Kier molecular flexibility index (Phi) is 9.55. The zero-order valence-electron chi connectivity index (χ0n) is 7.42. The van der Waals surface area contributed by atoms with Crippen molar-refractivity contribution in [1.29, 1.82) is 0 Å². The minimum atomic E-state index is -0.0654. The van der Waals surface area contributed by atoms with Crippen LogP contribution in [0.25, 0.3) is 0 Å². The molecule has 0 aliphatic rings. The van der Waals surface area contributed by atoms with Crippen LogP contribution in [-0.4, -0.2) is 12.6 Å². The molecule has 0 amide bonds. The average Bonchev–Trinajstić information content (AvgIpc) is 1.89. The molecule has 0 saturated heterocycles. The van der Waals surface area contributed by atoms with Gasteiger partial charge in [-0.1, -0.05) is 20.3 Å². The molecule has 0 N–H and O–H groups in total. The van der Waals surface area contributed by atoms with Crippen molar-refractivity contribution < 1.29 is 9.53 Å². The van der Waals surface area contributed by atoms with E-state index in [1.807, 2.05) is 13.8 Å². The summed E-state index contributed by atoms with van der Waals surface area (Å²) in [6.07, 6.45) is 1.97. The van der Waals surface area contributed by atoms with Gasteiger partial charge in [0, 0.05) is 0 Å². The minimum absolute atomic E-state index is 0. The van der Waals surface area contributed by atoms with Gasteiger partial charge in [0.1, 0.15) is 0 Å². The van der Waals surface area contributed by atoms with E-state index in [-0.39, 0.29) is 24.3 Å². The van der Waals surface area contributed by atoms with E-state index < -0.39 is 0 Å². The molecule has 0 rings (SSSR count). The fraction of sp³-hybridized carbons (Fsp3) is 0.875. The lowest BCUT2D eigenvalue weighted by atomic mass is 10.1. The normalized spacial score (nSPS) is 11.5. The van der Waals surface area contributed by atoms with E-state index in [1.54, 1.807) is 0 Å². The summed E-state index contributed by atoms with van der Waals surface area (Å²) >= 11 is 0. The van der Waals surface area contributed by atoms with Gasteiger partial charge in [-0.15, -0.1) is 12.4 Å². The van der Waals surface area contributed by atoms with Crippen LogP contribution in [0.3, 0.4) is 0 Å². The van der Waals surface area contributed by atoms with E-state index in [0.29, 0.717) is 6.61 Å². The highest BCUT2D eigenvalue weighted by Crippen LogP contribution is 2.06. The van der Waals surface area contributed by atoms with Crippen molar-refractivity contribution in [2.45, 2.75) is 33.6 Å².